The molecule has 0 aliphatic heterocycles. The largest absolute Gasteiger partial charge is 0.348 e. The predicted molar refractivity (Wildman–Crippen MR) is 112 cm³/mol. The summed E-state index contributed by atoms with van der Waals surface area (Å²) in [7, 11) is 0. The molecule has 0 bridgehead atoms. The molecule has 8 heteroatoms. The number of rotatable bonds is 3. The Bertz CT molecular complexity index is 1140. The molecule has 2 heterocycles. The van der Waals surface area contributed by atoms with Crippen LogP contribution < -0.4 is 10.9 Å². The van der Waals surface area contributed by atoms with Gasteiger partial charge in [-0.3, -0.25) is 9.59 Å². The van der Waals surface area contributed by atoms with Gasteiger partial charge in [0.2, 0.25) is 0 Å². The van der Waals surface area contributed by atoms with Gasteiger partial charge >= 0.3 is 0 Å². The van der Waals surface area contributed by atoms with Gasteiger partial charge in [0.05, 0.1) is 11.1 Å². The van der Waals surface area contributed by atoms with Crippen LogP contribution in [0.25, 0.3) is 10.8 Å². The summed E-state index contributed by atoms with van der Waals surface area (Å²) in [6, 6.07) is 7.88. The molecule has 6 nitrogen and oxygen atoms in total. The van der Waals surface area contributed by atoms with Crippen LogP contribution in [0.3, 0.4) is 0 Å². The minimum absolute atomic E-state index is 0.0801. The predicted octanol–water partition coefficient (Wildman–Crippen LogP) is 3.91. The zero-order valence-electron chi connectivity index (χ0n) is 15.3. The van der Waals surface area contributed by atoms with Crippen molar-refractivity contribution in [3.05, 3.63) is 54.8 Å². The Morgan fingerprint density at radius 3 is 2.64 bits per heavy atom. The molecule has 2 fully saturated rings. The van der Waals surface area contributed by atoms with Crippen molar-refractivity contribution >= 4 is 43.9 Å². The second kappa shape index (κ2) is 6.49. The third-order valence-corrected chi connectivity index (χ3v) is 7.57. The first-order chi connectivity index (χ1) is 13.4. The number of aryl methyl sites for hydroxylation is 1. The average Bonchev–Trinajstić information content (AvgIpc) is 2.95. The third-order valence-electron chi connectivity index (χ3n) is 6.15. The summed E-state index contributed by atoms with van der Waals surface area (Å²) < 4.78 is 0.739. The van der Waals surface area contributed by atoms with Gasteiger partial charge in [0.25, 0.3) is 11.5 Å². The van der Waals surface area contributed by atoms with Crippen LogP contribution in [0.1, 0.15) is 52.7 Å². The van der Waals surface area contributed by atoms with E-state index in [9.17, 15) is 9.59 Å². The van der Waals surface area contributed by atoms with Gasteiger partial charge in [-0.25, -0.2) is 10.1 Å². The number of thiazole rings is 1. The lowest BCUT2D eigenvalue weighted by atomic mass is 9.49. The molecule has 144 valence electrons. The number of aromatic amines is 1. The van der Waals surface area contributed by atoms with E-state index in [0.29, 0.717) is 22.4 Å². The van der Waals surface area contributed by atoms with Crippen molar-refractivity contribution in [1.29, 1.82) is 0 Å². The summed E-state index contributed by atoms with van der Waals surface area (Å²) in [5.74, 6) is 0.290. The van der Waals surface area contributed by atoms with E-state index in [0.717, 1.165) is 45.6 Å². The number of fused-ring (bicyclic) bond motifs is 1. The molecule has 5 rings (SSSR count). The quantitative estimate of drug-likeness (QED) is 0.622. The van der Waals surface area contributed by atoms with E-state index in [1.165, 1.54) is 11.3 Å². The van der Waals surface area contributed by atoms with Crippen molar-refractivity contribution in [3.8, 4) is 0 Å². The molecule has 2 aromatic heterocycles. The lowest BCUT2D eigenvalue weighted by Gasteiger charge is -2.57. The van der Waals surface area contributed by atoms with Crippen molar-refractivity contribution in [2.24, 2.45) is 5.41 Å². The lowest BCUT2D eigenvalue weighted by molar-refractivity contribution is -0.0197. The van der Waals surface area contributed by atoms with Crippen molar-refractivity contribution in [2.45, 2.75) is 44.6 Å². The van der Waals surface area contributed by atoms with Crippen LogP contribution >= 0.6 is 27.3 Å². The molecule has 0 radical (unpaired) electrons. The number of aromatic nitrogens is 3. The van der Waals surface area contributed by atoms with E-state index in [4.69, 9.17) is 0 Å². The summed E-state index contributed by atoms with van der Waals surface area (Å²) in [6.07, 6.45) is 4.12. The van der Waals surface area contributed by atoms with Crippen molar-refractivity contribution in [2.75, 3.05) is 0 Å². The highest BCUT2D eigenvalue weighted by Crippen LogP contribution is 2.62. The number of hydrogen-bond acceptors (Lipinski definition) is 5. The summed E-state index contributed by atoms with van der Waals surface area (Å²) in [5, 5.41) is 11.8. The summed E-state index contributed by atoms with van der Waals surface area (Å²) in [4.78, 5) is 29.6. The van der Waals surface area contributed by atoms with E-state index in [1.807, 2.05) is 31.2 Å². The Balaban J connectivity index is 1.23. The van der Waals surface area contributed by atoms with Gasteiger partial charge in [-0.2, -0.15) is 5.10 Å². The normalized spacial score (nSPS) is 26.1. The molecule has 3 aromatic rings. The SMILES string of the molecule is Cc1sc(Br)nc1C(=O)NC1CC2(C1)CC(c1n[nH]c(=O)c3ccccc13)C2. The van der Waals surface area contributed by atoms with Gasteiger partial charge in [-0.15, -0.1) is 11.3 Å². The van der Waals surface area contributed by atoms with Crippen LogP contribution in [0.2, 0.25) is 0 Å². The second-order valence-electron chi connectivity index (χ2n) is 8.04. The fraction of sp³-hybridized carbons (Fsp3) is 0.400. The maximum Gasteiger partial charge on any atom is 0.272 e. The summed E-state index contributed by atoms with van der Waals surface area (Å²) in [6.45, 7) is 1.91. The molecule has 1 spiro atoms. The molecule has 1 aromatic carbocycles. The van der Waals surface area contributed by atoms with Gasteiger partial charge in [0, 0.05) is 22.2 Å². The highest BCUT2D eigenvalue weighted by molar-refractivity contribution is 9.11. The molecular weight excluding hydrogens is 440 g/mol. The smallest absolute Gasteiger partial charge is 0.272 e. The van der Waals surface area contributed by atoms with Crippen LogP contribution in [0, 0.1) is 12.3 Å². The second-order valence-corrected chi connectivity index (χ2v) is 10.5. The van der Waals surface area contributed by atoms with Crippen molar-refractivity contribution < 1.29 is 4.79 Å². The van der Waals surface area contributed by atoms with Crippen LogP contribution in [0.15, 0.2) is 33.0 Å². The van der Waals surface area contributed by atoms with Crippen LogP contribution in [-0.2, 0) is 0 Å². The van der Waals surface area contributed by atoms with Gasteiger partial charge in [0.1, 0.15) is 5.69 Å². The molecule has 0 saturated heterocycles. The number of H-pyrrole nitrogens is 1. The zero-order chi connectivity index (χ0) is 19.5. The Labute approximate surface area is 173 Å². The zero-order valence-corrected chi connectivity index (χ0v) is 17.7. The minimum atomic E-state index is -0.135. The summed E-state index contributed by atoms with van der Waals surface area (Å²) >= 11 is 4.81. The Kier molecular flexibility index (Phi) is 4.17. The van der Waals surface area contributed by atoms with Gasteiger partial charge in [-0.1, -0.05) is 18.2 Å². The fourth-order valence-electron chi connectivity index (χ4n) is 4.88. The standard InChI is InChI=1S/C20H19BrN4O2S/c1-10-15(23-19(21)28-10)18(27)22-12-8-20(9-12)6-11(7-20)16-13-4-2-3-5-14(13)17(26)25-24-16/h2-5,11-12H,6-9H2,1H3,(H,22,27)(H,25,26). The van der Waals surface area contributed by atoms with Crippen LogP contribution in [-0.4, -0.2) is 27.1 Å². The first kappa shape index (κ1) is 18.0. The number of halogens is 1. The molecule has 2 aliphatic carbocycles. The number of benzene rings is 1. The van der Waals surface area contributed by atoms with Gasteiger partial charge in [0.15, 0.2) is 3.92 Å². The molecule has 0 atom stereocenters. The average molecular weight is 459 g/mol. The molecule has 1 amide bonds. The van der Waals surface area contributed by atoms with E-state index in [2.05, 4.69) is 36.4 Å². The van der Waals surface area contributed by atoms with E-state index in [1.54, 1.807) is 0 Å². The fourth-order valence-corrected chi connectivity index (χ4v) is 6.41. The number of hydrogen-bond donors (Lipinski definition) is 2. The Morgan fingerprint density at radius 2 is 1.96 bits per heavy atom. The van der Waals surface area contributed by atoms with Crippen molar-refractivity contribution in [1.82, 2.24) is 20.5 Å². The number of nitrogens with zero attached hydrogens (tertiary/aromatic N) is 2. The Morgan fingerprint density at radius 1 is 1.25 bits per heavy atom. The molecular formula is C20H19BrN4O2S. The van der Waals surface area contributed by atoms with Gasteiger partial charge < -0.3 is 5.32 Å². The van der Waals surface area contributed by atoms with Crippen LogP contribution in [0.4, 0.5) is 0 Å². The number of carbonyl (C=O) groups excluding carboxylic acids is 1. The molecule has 2 saturated carbocycles. The maximum atomic E-state index is 12.4. The lowest BCUT2D eigenvalue weighted by Crippen LogP contribution is -2.55. The van der Waals surface area contributed by atoms with Gasteiger partial charge in [-0.05, 0) is 60.0 Å². The number of amides is 1. The molecule has 2 aliphatic rings. The minimum Gasteiger partial charge on any atom is -0.348 e. The van der Waals surface area contributed by atoms with E-state index in [-0.39, 0.29) is 17.5 Å². The third kappa shape index (κ3) is 2.90. The monoisotopic (exact) mass is 458 g/mol. The first-order valence-corrected chi connectivity index (χ1v) is 11.0. The van der Waals surface area contributed by atoms with E-state index >= 15 is 0 Å². The number of nitrogens with one attached hydrogen (secondary N) is 2. The first-order valence-electron chi connectivity index (χ1n) is 9.35. The topological polar surface area (TPSA) is 87.7 Å². The number of carbonyl (C=O) groups is 1. The van der Waals surface area contributed by atoms with Crippen LogP contribution in [0.5, 0.6) is 0 Å². The molecule has 28 heavy (non-hydrogen) atoms. The molecule has 2 N–H and O–H groups in total. The van der Waals surface area contributed by atoms with E-state index < -0.39 is 0 Å². The van der Waals surface area contributed by atoms with Crippen molar-refractivity contribution in [3.63, 3.8) is 0 Å². The maximum absolute atomic E-state index is 12.4. The highest BCUT2D eigenvalue weighted by atomic mass is 79.9. The highest BCUT2D eigenvalue weighted by Gasteiger charge is 2.54. The summed E-state index contributed by atoms with van der Waals surface area (Å²) in [5.41, 5.74) is 1.69. The molecule has 0 unspecified atom stereocenters. The Hall–Kier alpha value is -2.06.